The number of halogens is 3. The van der Waals surface area contributed by atoms with Crippen molar-refractivity contribution in [3.63, 3.8) is 0 Å². The Morgan fingerprint density at radius 2 is 1.76 bits per heavy atom. The number of hydrogen-bond acceptors (Lipinski definition) is 6. The van der Waals surface area contributed by atoms with Gasteiger partial charge in [0.15, 0.2) is 5.76 Å². The van der Waals surface area contributed by atoms with Crippen LogP contribution in [-0.2, 0) is 12.8 Å². The second kappa shape index (κ2) is 11.2. The van der Waals surface area contributed by atoms with Gasteiger partial charge in [-0.1, -0.05) is 30.3 Å². The molecular weight excluding hydrogens is 505 g/mol. The van der Waals surface area contributed by atoms with Crippen LogP contribution in [-0.4, -0.2) is 36.4 Å². The number of alkyl halides is 3. The molecule has 0 aliphatic heterocycles. The molecule has 8 nitrogen and oxygen atoms in total. The first-order valence-corrected chi connectivity index (χ1v) is 11.5. The number of para-hydroxylation sites is 1. The predicted molar refractivity (Wildman–Crippen MR) is 131 cm³/mol. The lowest BCUT2D eigenvalue weighted by molar-refractivity contribution is -0.274. The number of carbonyl (C=O) groups is 2. The number of aromatic hydroxyl groups is 1. The summed E-state index contributed by atoms with van der Waals surface area (Å²) in [5.41, 5.74) is 6.84. The normalized spacial score (nSPS) is 11.3. The second-order valence-corrected chi connectivity index (χ2v) is 8.25. The van der Waals surface area contributed by atoms with Crippen molar-refractivity contribution in [1.29, 1.82) is 0 Å². The topological polar surface area (TPSA) is 124 Å². The van der Waals surface area contributed by atoms with Crippen LogP contribution in [0.15, 0.2) is 71.1 Å². The molecule has 4 N–H and O–H groups in total. The minimum absolute atomic E-state index is 0.0392. The predicted octanol–water partition coefficient (Wildman–Crippen LogP) is 4.73. The molecule has 3 aromatic carbocycles. The molecule has 4 rings (SSSR count). The number of primary amides is 1. The lowest BCUT2D eigenvalue weighted by Gasteiger charge is -2.10. The van der Waals surface area contributed by atoms with Crippen molar-refractivity contribution < 1.29 is 41.8 Å². The van der Waals surface area contributed by atoms with Crippen LogP contribution in [0.2, 0.25) is 0 Å². The summed E-state index contributed by atoms with van der Waals surface area (Å²) in [6, 6.07) is 16.8. The van der Waals surface area contributed by atoms with Gasteiger partial charge in [-0.3, -0.25) is 9.59 Å². The smallest absolute Gasteiger partial charge is 0.507 e. The van der Waals surface area contributed by atoms with Crippen LogP contribution in [0.5, 0.6) is 17.2 Å². The quantitative estimate of drug-likeness (QED) is 0.256. The van der Waals surface area contributed by atoms with Crippen LogP contribution in [0.4, 0.5) is 13.2 Å². The van der Waals surface area contributed by atoms with Crippen molar-refractivity contribution in [2.45, 2.75) is 19.2 Å². The van der Waals surface area contributed by atoms with Crippen molar-refractivity contribution in [2.24, 2.45) is 5.73 Å². The van der Waals surface area contributed by atoms with E-state index in [9.17, 15) is 27.9 Å². The third-order valence-electron chi connectivity index (χ3n) is 5.59. The molecule has 0 bridgehead atoms. The third kappa shape index (κ3) is 6.55. The molecule has 0 fully saturated rings. The van der Waals surface area contributed by atoms with Crippen molar-refractivity contribution in [3.8, 4) is 17.2 Å². The van der Waals surface area contributed by atoms with Gasteiger partial charge in [0.1, 0.15) is 29.4 Å². The molecule has 0 spiro atoms. The number of amides is 2. The molecule has 4 aromatic rings. The minimum atomic E-state index is -4.79. The largest absolute Gasteiger partial charge is 0.573 e. The highest BCUT2D eigenvalue weighted by Gasteiger charge is 2.31. The van der Waals surface area contributed by atoms with Crippen LogP contribution in [0.3, 0.4) is 0 Å². The van der Waals surface area contributed by atoms with Gasteiger partial charge in [0.2, 0.25) is 0 Å². The molecule has 11 heteroatoms. The van der Waals surface area contributed by atoms with Crippen LogP contribution >= 0.6 is 0 Å². The van der Waals surface area contributed by atoms with Gasteiger partial charge in [-0.2, -0.15) is 0 Å². The first-order valence-electron chi connectivity index (χ1n) is 11.5. The molecule has 0 radical (unpaired) electrons. The van der Waals surface area contributed by atoms with Gasteiger partial charge in [0.25, 0.3) is 11.8 Å². The average Bonchev–Trinajstić information content (AvgIpc) is 3.23. The molecule has 38 heavy (non-hydrogen) atoms. The SMILES string of the molecule is NC(=O)c1ccc(OCCNC(=O)c2oc3ccccc3c2CCc2cccc(OC(F)(F)F)c2)cc1O. The number of hydrogen-bond donors (Lipinski definition) is 3. The van der Waals surface area contributed by atoms with Crippen LogP contribution < -0.4 is 20.5 Å². The number of benzene rings is 3. The highest BCUT2D eigenvalue weighted by atomic mass is 19.4. The third-order valence-corrected chi connectivity index (χ3v) is 5.59. The van der Waals surface area contributed by atoms with Crippen LogP contribution in [0.25, 0.3) is 11.0 Å². The van der Waals surface area contributed by atoms with E-state index in [0.717, 1.165) is 5.39 Å². The Labute approximate surface area is 214 Å². The van der Waals surface area contributed by atoms with E-state index in [1.165, 1.54) is 36.4 Å². The number of nitrogens with two attached hydrogens (primary N) is 1. The molecule has 0 aliphatic rings. The zero-order valence-corrected chi connectivity index (χ0v) is 19.9. The Morgan fingerprint density at radius 1 is 0.974 bits per heavy atom. The van der Waals surface area contributed by atoms with E-state index < -0.39 is 18.2 Å². The van der Waals surface area contributed by atoms with Gasteiger partial charge in [0.05, 0.1) is 12.1 Å². The molecule has 1 aromatic heterocycles. The lowest BCUT2D eigenvalue weighted by Crippen LogP contribution is -2.28. The highest BCUT2D eigenvalue weighted by molar-refractivity contribution is 5.99. The number of fused-ring (bicyclic) bond motifs is 1. The molecule has 198 valence electrons. The maximum absolute atomic E-state index is 12.9. The molecule has 0 aliphatic carbocycles. The van der Waals surface area contributed by atoms with Crippen molar-refractivity contribution in [2.75, 3.05) is 13.2 Å². The standard InChI is InChI=1S/C27H23F3N2O6/c28-27(29,30)38-18-5-3-4-16(14-18)8-10-20-19-6-1-2-7-23(19)37-24(20)26(35)32-12-13-36-17-9-11-21(25(31)34)22(33)15-17/h1-7,9,11,14-15,33H,8,10,12-13H2,(H2,31,34)(H,32,35). The van der Waals surface area contributed by atoms with E-state index in [4.69, 9.17) is 14.9 Å². The summed E-state index contributed by atoms with van der Waals surface area (Å²) in [4.78, 5) is 24.2. The molecule has 0 unspecified atom stereocenters. The number of carbonyl (C=O) groups excluding carboxylic acids is 2. The van der Waals surface area contributed by atoms with Gasteiger partial charge < -0.3 is 30.0 Å². The summed E-state index contributed by atoms with van der Waals surface area (Å²) in [5, 5.41) is 13.3. The van der Waals surface area contributed by atoms with Gasteiger partial charge in [-0.15, -0.1) is 13.2 Å². The van der Waals surface area contributed by atoms with Crippen molar-refractivity contribution in [3.05, 3.63) is 89.2 Å². The maximum Gasteiger partial charge on any atom is 0.573 e. The Kier molecular flexibility index (Phi) is 7.75. The van der Waals surface area contributed by atoms with E-state index in [2.05, 4.69) is 10.1 Å². The van der Waals surface area contributed by atoms with E-state index in [1.54, 1.807) is 30.3 Å². The second-order valence-electron chi connectivity index (χ2n) is 8.25. The molecule has 2 amide bonds. The molecule has 1 heterocycles. The number of aryl methyl sites for hydroxylation is 2. The van der Waals surface area contributed by atoms with Crippen LogP contribution in [0, 0.1) is 0 Å². The molecule has 0 atom stereocenters. The Bertz CT molecular complexity index is 1460. The van der Waals surface area contributed by atoms with Gasteiger partial charge in [-0.25, -0.2) is 0 Å². The van der Waals surface area contributed by atoms with Gasteiger partial charge in [0, 0.05) is 17.0 Å². The zero-order chi connectivity index (χ0) is 27.3. The summed E-state index contributed by atoms with van der Waals surface area (Å²) in [6.45, 7) is 0.160. The molecule has 0 saturated carbocycles. The summed E-state index contributed by atoms with van der Waals surface area (Å²) in [6.07, 6.45) is -4.12. The monoisotopic (exact) mass is 528 g/mol. The number of ether oxygens (including phenoxy) is 2. The van der Waals surface area contributed by atoms with Crippen molar-refractivity contribution >= 4 is 22.8 Å². The fourth-order valence-electron chi connectivity index (χ4n) is 3.92. The highest BCUT2D eigenvalue weighted by Crippen LogP contribution is 2.29. The average molecular weight is 528 g/mol. The summed E-state index contributed by atoms with van der Waals surface area (Å²) in [5.74, 6) is -1.52. The summed E-state index contributed by atoms with van der Waals surface area (Å²) in [7, 11) is 0. The first-order chi connectivity index (χ1) is 18.1. The van der Waals surface area contributed by atoms with E-state index >= 15 is 0 Å². The maximum atomic E-state index is 12.9. The van der Waals surface area contributed by atoms with E-state index in [1.807, 2.05) is 0 Å². The van der Waals surface area contributed by atoms with E-state index in [-0.39, 0.29) is 41.7 Å². The number of nitrogens with one attached hydrogen (secondary N) is 1. The summed E-state index contributed by atoms with van der Waals surface area (Å²) < 4.78 is 53.0. The number of furan rings is 1. The molecule has 0 saturated heterocycles. The number of rotatable bonds is 10. The minimum Gasteiger partial charge on any atom is -0.507 e. The van der Waals surface area contributed by atoms with Gasteiger partial charge in [-0.05, 0) is 48.7 Å². The Hall–Kier alpha value is -4.67. The van der Waals surface area contributed by atoms with Crippen molar-refractivity contribution in [1.82, 2.24) is 5.32 Å². The zero-order valence-electron chi connectivity index (χ0n) is 19.9. The number of phenols is 1. The first kappa shape index (κ1) is 26.4. The Balaban J connectivity index is 1.42. The van der Waals surface area contributed by atoms with Crippen LogP contribution in [0.1, 0.15) is 32.0 Å². The summed E-state index contributed by atoms with van der Waals surface area (Å²) >= 11 is 0. The Morgan fingerprint density at radius 3 is 2.50 bits per heavy atom. The fourth-order valence-corrected chi connectivity index (χ4v) is 3.92. The fraction of sp³-hybridized carbons (Fsp3) is 0.185. The molecular formula is C27H23F3N2O6. The van der Waals surface area contributed by atoms with E-state index in [0.29, 0.717) is 29.6 Å². The lowest BCUT2D eigenvalue weighted by atomic mass is 10.0. The van der Waals surface area contributed by atoms with Gasteiger partial charge >= 0.3 is 6.36 Å².